The predicted molar refractivity (Wildman–Crippen MR) is 83.7 cm³/mol. The van der Waals surface area contributed by atoms with Gasteiger partial charge in [-0.1, -0.05) is 20.3 Å². The lowest BCUT2D eigenvalue weighted by molar-refractivity contribution is 0.0459. The van der Waals surface area contributed by atoms with Crippen molar-refractivity contribution in [2.45, 2.75) is 78.0 Å². The highest BCUT2D eigenvalue weighted by Crippen LogP contribution is 2.51. The third-order valence-corrected chi connectivity index (χ3v) is 6.69. The average molecular weight is 279 g/mol. The molecule has 0 aromatic carbocycles. The van der Waals surface area contributed by atoms with Crippen molar-refractivity contribution in [3.05, 3.63) is 0 Å². The summed E-state index contributed by atoms with van der Waals surface area (Å²) in [6.07, 6.45) is 8.31. The van der Waals surface area contributed by atoms with Crippen LogP contribution in [-0.2, 0) is 4.74 Å². The van der Waals surface area contributed by atoms with E-state index in [9.17, 15) is 0 Å². The van der Waals surface area contributed by atoms with Gasteiger partial charge in [-0.15, -0.1) is 0 Å². The predicted octanol–water partition coefficient (Wildman–Crippen LogP) is 3.85. The van der Waals surface area contributed by atoms with E-state index in [0.717, 1.165) is 24.3 Å². The van der Waals surface area contributed by atoms with Crippen LogP contribution in [0.5, 0.6) is 0 Å². The van der Waals surface area contributed by atoms with E-state index < -0.39 is 0 Å². The highest BCUT2D eigenvalue weighted by atomic mass is 16.5. The van der Waals surface area contributed by atoms with Gasteiger partial charge in [0.15, 0.2) is 0 Å². The Kier molecular flexibility index (Phi) is 4.42. The lowest BCUT2D eigenvalue weighted by Crippen LogP contribution is -2.43. The van der Waals surface area contributed by atoms with Crippen LogP contribution in [0, 0.1) is 29.6 Å². The van der Waals surface area contributed by atoms with Crippen molar-refractivity contribution in [3.63, 3.8) is 0 Å². The Morgan fingerprint density at radius 2 is 1.90 bits per heavy atom. The van der Waals surface area contributed by atoms with E-state index in [1.54, 1.807) is 0 Å². The zero-order chi connectivity index (χ0) is 14.3. The third-order valence-electron chi connectivity index (χ3n) is 6.69. The van der Waals surface area contributed by atoms with Crippen LogP contribution in [0.15, 0.2) is 0 Å². The number of nitrogens with one attached hydrogen (secondary N) is 1. The van der Waals surface area contributed by atoms with Gasteiger partial charge in [0.1, 0.15) is 0 Å². The second-order valence-corrected chi connectivity index (χ2v) is 7.82. The second kappa shape index (κ2) is 5.96. The van der Waals surface area contributed by atoms with Crippen LogP contribution < -0.4 is 5.32 Å². The molecule has 2 heteroatoms. The number of fused-ring (bicyclic) bond motifs is 2. The van der Waals surface area contributed by atoms with Gasteiger partial charge in [-0.3, -0.25) is 0 Å². The fraction of sp³-hybridized carbons (Fsp3) is 1.00. The number of ether oxygens (including phenoxy) is 1. The van der Waals surface area contributed by atoms with Gasteiger partial charge >= 0.3 is 0 Å². The maximum atomic E-state index is 6.10. The normalized spacial score (nSPS) is 48.9. The topological polar surface area (TPSA) is 21.3 Å². The molecule has 1 N–H and O–H groups in total. The monoisotopic (exact) mass is 279 g/mol. The molecule has 3 rings (SSSR count). The fourth-order valence-electron chi connectivity index (χ4n) is 5.62. The molecular formula is C18H33NO. The standard InChI is InChI=1S/C18H33NO/c1-5-19-17(18-11(2)12(3)20-13(18)4)10-16-9-14-6-7-15(16)8-14/h11-19H,5-10H2,1-4H3. The fourth-order valence-corrected chi connectivity index (χ4v) is 5.62. The molecule has 2 aliphatic carbocycles. The minimum atomic E-state index is 0.419. The Hall–Kier alpha value is -0.0800. The first-order chi connectivity index (χ1) is 9.60. The van der Waals surface area contributed by atoms with E-state index in [0.29, 0.717) is 30.1 Å². The summed E-state index contributed by atoms with van der Waals surface area (Å²) in [7, 11) is 0. The van der Waals surface area contributed by atoms with Gasteiger partial charge in [0.2, 0.25) is 0 Å². The molecule has 3 fully saturated rings. The van der Waals surface area contributed by atoms with Gasteiger partial charge in [-0.05, 0) is 69.7 Å². The van der Waals surface area contributed by atoms with E-state index in [4.69, 9.17) is 4.74 Å². The van der Waals surface area contributed by atoms with E-state index >= 15 is 0 Å². The number of rotatable bonds is 5. The van der Waals surface area contributed by atoms with Crippen LogP contribution in [0.1, 0.15) is 59.8 Å². The molecule has 0 aromatic heterocycles. The van der Waals surface area contributed by atoms with Gasteiger partial charge in [-0.2, -0.15) is 0 Å². The van der Waals surface area contributed by atoms with Crippen molar-refractivity contribution < 1.29 is 4.74 Å². The Morgan fingerprint density at radius 1 is 1.10 bits per heavy atom. The maximum absolute atomic E-state index is 6.10. The van der Waals surface area contributed by atoms with Crippen molar-refractivity contribution in [3.8, 4) is 0 Å². The zero-order valence-electron chi connectivity index (χ0n) is 13.8. The van der Waals surface area contributed by atoms with Crippen molar-refractivity contribution >= 4 is 0 Å². The third kappa shape index (κ3) is 2.66. The lowest BCUT2D eigenvalue weighted by atomic mass is 9.76. The first kappa shape index (κ1) is 14.8. The summed E-state index contributed by atoms with van der Waals surface area (Å²) in [5.74, 6) is 4.50. The molecule has 0 radical (unpaired) electrons. The number of hydrogen-bond donors (Lipinski definition) is 1. The van der Waals surface area contributed by atoms with E-state index in [1.165, 1.54) is 32.1 Å². The Bertz CT molecular complexity index is 331. The minimum Gasteiger partial charge on any atom is -0.375 e. The molecule has 2 saturated carbocycles. The summed E-state index contributed by atoms with van der Waals surface area (Å²) in [5.41, 5.74) is 0. The second-order valence-electron chi connectivity index (χ2n) is 7.82. The number of hydrogen-bond acceptors (Lipinski definition) is 2. The van der Waals surface area contributed by atoms with E-state index in [-0.39, 0.29) is 0 Å². The molecule has 0 spiro atoms. The van der Waals surface area contributed by atoms with Crippen molar-refractivity contribution in [1.29, 1.82) is 0 Å². The van der Waals surface area contributed by atoms with Crippen molar-refractivity contribution in [1.82, 2.24) is 5.32 Å². The lowest BCUT2D eigenvalue weighted by Gasteiger charge is -2.34. The van der Waals surface area contributed by atoms with Crippen LogP contribution >= 0.6 is 0 Å². The Morgan fingerprint density at radius 3 is 2.40 bits per heavy atom. The molecule has 1 heterocycles. The Balaban J connectivity index is 1.66. The highest BCUT2D eigenvalue weighted by molar-refractivity contribution is 4.96. The molecule has 0 aromatic rings. The smallest absolute Gasteiger partial charge is 0.0597 e. The van der Waals surface area contributed by atoms with E-state index in [2.05, 4.69) is 33.0 Å². The van der Waals surface area contributed by atoms with Gasteiger partial charge in [0.05, 0.1) is 12.2 Å². The summed E-state index contributed by atoms with van der Waals surface area (Å²) < 4.78 is 6.10. The molecule has 8 atom stereocenters. The van der Waals surface area contributed by atoms with E-state index in [1.807, 2.05) is 0 Å². The average Bonchev–Trinajstić information content (AvgIpc) is 3.06. The van der Waals surface area contributed by atoms with Gasteiger partial charge in [-0.25, -0.2) is 0 Å². The summed E-state index contributed by atoms with van der Waals surface area (Å²) in [6, 6.07) is 0.666. The molecule has 8 unspecified atom stereocenters. The molecule has 3 aliphatic rings. The van der Waals surface area contributed by atoms with Gasteiger partial charge in [0.25, 0.3) is 0 Å². The van der Waals surface area contributed by atoms with Crippen LogP contribution in [-0.4, -0.2) is 24.8 Å². The summed E-state index contributed by atoms with van der Waals surface area (Å²) >= 11 is 0. The van der Waals surface area contributed by atoms with Crippen molar-refractivity contribution in [2.24, 2.45) is 29.6 Å². The summed E-state index contributed by atoms with van der Waals surface area (Å²) in [6.45, 7) is 10.3. The Labute approximate surface area is 125 Å². The first-order valence-corrected chi connectivity index (χ1v) is 8.99. The molecule has 20 heavy (non-hydrogen) atoms. The first-order valence-electron chi connectivity index (χ1n) is 8.99. The zero-order valence-corrected chi connectivity index (χ0v) is 13.8. The van der Waals surface area contributed by atoms with Crippen LogP contribution in [0.25, 0.3) is 0 Å². The quantitative estimate of drug-likeness (QED) is 0.825. The van der Waals surface area contributed by atoms with Gasteiger partial charge < -0.3 is 10.1 Å². The highest BCUT2D eigenvalue weighted by Gasteiger charge is 2.45. The van der Waals surface area contributed by atoms with Crippen LogP contribution in [0.4, 0.5) is 0 Å². The largest absolute Gasteiger partial charge is 0.375 e. The molecule has 1 saturated heterocycles. The summed E-state index contributed by atoms with van der Waals surface area (Å²) in [4.78, 5) is 0. The van der Waals surface area contributed by atoms with Gasteiger partial charge in [0, 0.05) is 12.0 Å². The maximum Gasteiger partial charge on any atom is 0.0597 e. The van der Waals surface area contributed by atoms with Crippen molar-refractivity contribution in [2.75, 3.05) is 6.54 Å². The molecule has 2 bridgehead atoms. The molecule has 0 amide bonds. The molecular weight excluding hydrogens is 246 g/mol. The summed E-state index contributed by atoms with van der Waals surface area (Å²) in [5, 5.41) is 3.81. The van der Waals surface area contributed by atoms with Crippen LogP contribution in [0.2, 0.25) is 0 Å². The minimum absolute atomic E-state index is 0.419. The molecule has 116 valence electrons. The van der Waals surface area contributed by atoms with Crippen LogP contribution in [0.3, 0.4) is 0 Å². The molecule has 1 aliphatic heterocycles. The SMILES string of the molecule is CCNC(CC1CC2CCC1C2)C1C(C)OC(C)C1C. The molecule has 2 nitrogen and oxygen atoms in total.